The van der Waals surface area contributed by atoms with E-state index < -0.39 is 15.9 Å². The molecule has 0 radical (unpaired) electrons. The maximum absolute atomic E-state index is 13.7. The van der Waals surface area contributed by atoms with Gasteiger partial charge in [-0.05, 0) is 91.6 Å². The van der Waals surface area contributed by atoms with Gasteiger partial charge < -0.3 is 4.74 Å². The van der Waals surface area contributed by atoms with Crippen LogP contribution in [0.1, 0.15) is 47.2 Å². The minimum atomic E-state index is -3.62. The number of anilines is 1. The molecule has 202 valence electrons. The van der Waals surface area contributed by atoms with Gasteiger partial charge in [-0.25, -0.2) is 13.4 Å². The molecule has 1 saturated heterocycles. The van der Waals surface area contributed by atoms with Gasteiger partial charge in [-0.1, -0.05) is 30.2 Å². The lowest BCUT2D eigenvalue weighted by molar-refractivity contribution is 0.0987. The van der Waals surface area contributed by atoms with E-state index in [1.54, 1.807) is 29.8 Å². The smallest absolute Gasteiger partial charge is 0.280 e. The summed E-state index contributed by atoms with van der Waals surface area (Å²) in [6.45, 7) is 3.05. The first-order valence-corrected chi connectivity index (χ1v) is 15.1. The number of hydrazone groups is 1. The molecule has 1 aromatic heterocycles. The number of carbonyl (C=O) groups excluding carboxylic acids is 1. The van der Waals surface area contributed by atoms with E-state index in [9.17, 15) is 13.2 Å². The molecule has 0 spiro atoms. The highest BCUT2D eigenvalue weighted by atomic mass is 32.2. The zero-order chi connectivity index (χ0) is 27.4. The monoisotopic (exact) mass is 562 g/mol. The third kappa shape index (κ3) is 6.03. The Bertz CT molecular complexity index is 1590. The number of ether oxygens (including phenoxy) is 1. The Kier molecular flexibility index (Phi) is 8.06. The maximum atomic E-state index is 13.7. The summed E-state index contributed by atoms with van der Waals surface area (Å²) in [6.07, 6.45) is 5.39. The van der Waals surface area contributed by atoms with Gasteiger partial charge in [0.15, 0.2) is 0 Å². The van der Waals surface area contributed by atoms with E-state index in [-0.39, 0.29) is 4.90 Å². The van der Waals surface area contributed by atoms with Crippen LogP contribution in [0, 0.1) is 6.92 Å². The molecule has 8 nitrogen and oxygen atoms in total. The van der Waals surface area contributed by atoms with Crippen molar-refractivity contribution in [3.63, 3.8) is 0 Å². The standard InChI is InChI=1S/C29H30N4O4S2/c1-21-7-16-26-27(19-21)38-29(31-26)33(30-20-22-8-12-24(37-2)13-9-22)28(34)23-10-14-25(15-11-23)39(35,36)32-17-5-3-4-6-18-32/h7-16,19-20H,3-6,17-18H2,1-2H3/b30-20+. The Morgan fingerprint density at radius 1 is 1.00 bits per heavy atom. The predicted molar refractivity (Wildman–Crippen MR) is 155 cm³/mol. The second-order valence-electron chi connectivity index (χ2n) is 9.44. The van der Waals surface area contributed by atoms with Gasteiger partial charge in [-0.3, -0.25) is 4.79 Å². The lowest BCUT2D eigenvalue weighted by Crippen LogP contribution is -2.32. The van der Waals surface area contributed by atoms with Gasteiger partial charge in [0.1, 0.15) is 5.75 Å². The van der Waals surface area contributed by atoms with Crippen LogP contribution in [0.15, 0.2) is 76.7 Å². The number of hydrogen-bond donors (Lipinski definition) is 0. The molecule has 4 aromatic rings. The molecular formula is C29H30N4O4S2. The minimum Gasteiger partial charge on any atom is -0.497 e. The van der Waals surface area contributed by atoms with Crippen molar-refractivity contribution in [3.05, 3.63) is 83.4 Å². The molecule has 0 atom stereocenters. The number of amides is 1. The number of carbonyl (C=O) groups is 1. The molecule has 5 rings (SSSR count). The third-order valence-corrected chi connectivity index (χ3v) is 9.55. The molecule has 0 aliphatic carbocycles. The van der Waals surface area contributed by atoms with Crippen molar-refractivity contribution >= 4 is 48.8 Å². The van der Waals surface area contributed by atoms with Crippen molar-refractivity contribution in [1.29, 1.82) is 0 Å². The molecule has 10 heteroatoms. The first-order chi connectivity index (χ1) is 18.8. The van der Waals surface area contributed by atoms with Crippen molar-refractivity contribution in [1.82, 2.24) is 9.29 Å². The molecule has 2 heterocycles. The van der Waals surface area contributed by atoms with Crippen LogP contribution in [0.25, 0.3) is 10.2 Å². The zero-order valence-electron chi connectivity index (χ0n) is 21.9. The summed E-state index contributed by atoms with van der Waals surface area (Å²) in [5, 5.41) is 6.20. The molecule has 39 heavy (non-hydrogen) atoms. The first-order valence-electron chi connectivity index (χ1n) is 12.8. The Morgan fingerprint density at radius 2 is 1.69 bits per heavy atom. The van der Waals surface area contributed by atoms with Gasteiger partial charge >= 0.3 is 0 Å². The van der Waals surface area contributed by atoms with Crippen LogP contribution in [-0.2, 0) is 10.0 Å². The minimum absolute atomic E-state index is 0.185. The average Bonchev–Trinajstić information content (AvgIpc) is 3.16. The van der Waals surface area contributed by atoms with E-state index in [0.717, 1.165) is 52.8 Å². The van der Waals surface area contributed by atoms with E-state index in [4.69, 9.17) is 4.74 Å². The van der Waals surface area contributed by atoms with E-state index in [2.05, 4.69) is 10.1 Å². The number of benzene rings is 3. The van der Waals surface area contributed by atoms with Crippen LogP contribution < -0.4 is 9.75 Å². The van der Waals surface area contributed by atoms with E-state index in [1.165, 1.54) is 28.5 Å². The number of hydrogen-bond acceptors (Lipinski definition) is 7. The zero-order valence-corrected chi connectivity index (χ0v) is 23.5. The lowest BCUT2D eigenvalue weighted by atomic mass is 10.2. The Morgan fingerprint density at radius 3 is 2.36 bits per heavy atom. The van der Waals surface area contributed by atoms with Crippen LogP contribution >= 0.6 is 11.3 Å². The number of fused-ring (bicyclic) bond motifs is 1. The molecule has 0 bridgehead atoms. The summed E-state index contributed by atoms with van der Waals surface area (Å²) in [5.41, 5.74) is 2.96. The summed E-state index contributed by atoms with van der Waals surface area (Å²) in [5.74, 6) is 0.311. The van der Waals surface area contributed by atoms with E-state index >= 15 is 0 Å². The molecule has 1 amide bonds. The predicted octanol–water partition coefficient (Wildman–Crippen LogP) is 5.86. The van der Waals surface area contributed by atoms with Crippen LogP contribution in [0.3, 0.4) is 0 Å². The second-order valence-corrected chi connectivity index (χ2v) is 12.4. The largest absolute Gasteiger partial charge is 0.497 e. The number of methoxy groups -OCH3 is 1. The fourth-order valence-corrected chi connectivity index (χ4v) is 6.97. The van der Waals surface area contributed by atoms with Crippen LogP contribution in [0.5, 0.6) is 5.75 Å². The van der Waals surface area contributed by atoms with Crippen molar-refractivity contribution < 1.29 is 17.9 Å². The molecule has 1 aliphatic heterocycles. The number of rotatable bonds is 7. The van der Waals surface area contributed by atoms with Crippen molar-refractivity contribution in [3.8, 4) is 5.75 Å². The average molecular weight is 563 g/mol. The molecule has 0 N–H and O–H groups in total. The molecule has 1 fully saturated rings. The highest BCUT2D eigenvalue weighted by Crippen LogP contribution is 2.31. The van der Waals surface area contributed by atoms with E-state index in [1.807, 2.05) is 49.4 Å². The topological polar surface area (TPSA) is 92.2 Å². The number of nitrogens with zero attached hydrogens (tertiary/aromatic N) is 4. The number of aromatic nitrogens is 1. The van der Waals surface area contributed by atoms with E-state index in [0.29, 0.717) is 23.8 Å². The van der Waals surface area contributed by atoms with Gasteiger partial charge in [-0.2, -0.15) is 14.4 Å². The van der Waals surface area contributed by atoms with Crippen molar-refractivity contribution in [2.45, 2.75) is 37.5 Å². The summed E-state index contributed by atoms with van der Waals surface area (Å²) in [4.78, 5) is 18.6. The molecule has 0 saturated carbocycles. The Labute approximate surface area is 232 Å². The van der Waals surface area contributed by atoms with Gasteiger partial charge in [0, 0.05) is 18.7 Å². The second kappa shape index (κ2) is 11.6. The van der Waals surface area contributed by atoms with Crippen molar-refractivity contribution in [2.24, 2.45) is 5.10 Å². The van der Waals surface area contributed by atoms with Crippen molar-refractivity contribution in [2.75, 3.05) is 25.2 Å². The summed E-state index contributed by atoms with van der Waals surface area (Å²) < 4.78 is 34.1. The van der Waals surface area contributed by atoms with Gasteiger partial charge in [0.2, 0.25) is 15.2 Å². The summed E-state index contributed by atoms with van der Waals surface area (Å²) in [7, 11) is -2.02. The first kappa shape index (κ1) is 27.0. The SMILES string of the molecule is COc1ccc(/C=N/N(C(=O)c2ccc(S(=O)(=O)N3CCCCCC3)cc2)c2nc3ccc(C)cc3s2)cc1. The highest BCUT2D eigenvalue weighted by molar-refractivity contribution is 7.89. The number of sulfonamides is 1. The molecule has 3 aromatic carbocycles. The number of thiazole rings is 1. The quantitative estimate of drug-likeness (QED) is 0.208. The van der Waals surface area contributed by atoms with Gasteiger partial charge in [0.25, 0.3) is 5.91 Å². The summed E-state index contributed by atoms with van der Waals surface area (Å²) >= 11 is 1.37. The lowest BCUT2D eigenvalue weighted by Gasteiger charge is -2.20. The number of aryl methyl sites for hydroxylation is 1. The van der Waals surface area contributed by atoms with Crippen LogP contribution in [-0.4, -0.2) is 50.0 Å². The Balaban J connectivity index is 1.46. The molecule has 0 unspecified atom stereocenters. The van der Waals surface area contributed by atoms with Gasteiger partial charge in [-0.15, -0.1) is 0 Å². The maximum Gasteiger partial charge on any atom is 0.280 e. The van der Waals surface area contributed by atoms with Crippen LogP contribution in [0.4, 0.5) is 5.13 Å². The Hall–Kier alpha value is -3.60. The van der Waals surface area contributed by atoms with Gasteiger partial charge in [0.05, 0.1) is 28.4 Å². The normalized spacial score (nSPS) is 14.9. The summed E-state index contributed by atoms with van der Waals surface area (Å²) in [6, 6.07) is 19.3. The molecule has 1 aliphatic rings. The van der Waals surface area contributed by atoms with Crippen LogP contribution in [0.2, 0.25) is 0 Å². The fraction of sp³-hybridized carbons (Fsp3) is 0.276. The fourth-order valence-electron chi connectivity index (χ4n) is 4.44. The molecular weight excluding hydrogens is 532 g/mol. The third-order valence-electron chi connectivity index (χ3n) is 6.65. The highest BCUT2D eigenvalue weighted by Gasteiger charge is 2.26.